The number of rotatable bonds is 7. The van der Waals surface area contributed by atoms with Crippen LogP contribution in [0.5, 0.6) is 5.75 Å². The maximum absolute atomic E-state index is 16.0. The lowest BCUT2D eigenvalue weighted by molar-refractivity contribution is 0.0949. The number of anilines is 1. The molecule has 0 spiro atoms. The number of hydrogen-bond acceptors (Lipinski definition) is 5. The van der Waals surface area contributed by atoms with Gasteiger partial charge in [0.25, 0.3) is 5.91 Å². The maximum atomic E-state index is 16.0. The van der Waals surface area contributed by atoms with Gasteiger partial charge >= 0.3 is 6.03 Å². The Bertz CT molecular complexity index is 1600. The molecule has 1 aromatic heterocycles. The highest BCUT2D eigenvalue weighted by atomic mass is 35.5. The van der Waals surface area contributed by atoms with Crippen LogP contribution in [0.25, 0.3) is 10.9 Å². The molecule has 12 heteroatoms. The van der Waals surface area contributed by atoms with E-state index in [1.54, 1.807) is 29.3 Å². The molecule has 42 heavy (non-hydrogen) atoms. The second-order valence-corrected chi connectivity index (χ2v) is 11.8. The lowest BCUT2D eigenvalue weighted by Gasteiger charge is -2.45. The number of urea groups is 1. The van der Waals surface area contributed by atoms with E-state index in [1.165, 1.54) is 13.2 Å². The minimum Gasteiger partial charge on any atom is -0.492 e. The normalized spacial score (nSPS) is 18.7. The maximum Gasteiger partial charge on any atom is 0.317 e. The number of piperazine rings is 1. The van der Waals surface area contributed by atoms with E-state index in [-0.39, 0.29) is 53.1 Å². The molecule has 3 amide bonds. The van der Waals surface area contributed by atoms with Crippen molar-refractivity contribution in [1.82, 2.24) is 20.1 Å². The second-order valence-electron chi connectivity index (χ2n) is 10.9. The monoisotopic (exact) mass is 617 g/mol. The largest absolute Gasteiger partial charge is 0.492 e. The highest BCUT2D eigenvalue weighted by Crippen LogP contribution is 2.44. The van der Waals surface area contributed by atoms with Gasteiger partial charge in [-0.3, -0.25) is 9.59 Å². The number of benzene rings is 2. The molecular weight excluding hydrogens is 584 g/mol. The molecule has 3 aromatic rings. The molecular formula is C30H34Cl2FN5O4. The summed E-state index contributed by atoms with van der Waals surface area (Å²) < 4.78 is 23.7. The first-order valence-corrected chi connectivity index (χ1v) is 14.8. The standard InChI is InChI=1S/C30H34Cl2FN5O4/c1-5-34-30(41)38-16(2)13-36(14-17(38)3)26-24(33)11-21-25(28(26)42-4)37(20-8-9-20)15-22(27(21)39)29(40)35-12-18-6-7-19(31)10-23(18)32/h6-7,10-11,15-17,20H,5,8-9,12-14H2,1-4H3,(H,34,41)(H,35,40)/t16-,17+. The average molecular weight is 619 g/mol. The topological polar surface area (TPSA) is 95.9 Å². The Morgan fingerprint density at radius 3 is 2.38 bits per heavy atom. The first-order chi connectivity index (χ1) is 20.0. The van der Waals surface area contributed by atoms with E-state index >= 15 is 4.39 Å². The molecule has 1 aliphatic heterocycles. The number of pyridine rings is 1. The predicted molar refractivity (Wildman–Crippen MR) is 163 cm³/mol. The Balaban J connectivity index is 1.54. The first-order valence-electron chi connectivity index (χ1n) is 14.0. The van der Waals surface area contributed by atoms with E-state index in [0.717, 1.165) is 12.8 Å². The van der Waals surface area contributed by atoms with Gasteiger partial charge in [0.15, 0.2) is 11.6 Å². The van der Waals surface area contributed by atoms with Gasteiger partial charge in [0, 0.05) is 60.5 Å². The van der Waals surface area contributed by atoms with E-state index < -0.39 is 17.2 Å². The predicted octanol–water partition coefficient (Wildman–Crippen LogP) is 5.35. The van der Waals surface area contributed by atoms with Crippen LogP contribution in [0.2, 0.25) is 10.0 Å². The number of fused-ring (bicyclic) bond motifs is 1. The van der Waals surface area contributed by atoms with Crippen LogP contribution in [0.4, 0.5) is 14.9 Å². The molecule has 1 aliphatic carbocycles. The molecule has 0 bridgehead atoms. The lowest BCUT2D eigenvalue weighted by Crippen LogP contribution is -2.61. The minimum atomic E-state index is -0.629. The molecule has 0 radical (unpaired) electrons. The SMILES string of the molecule is CCNC(=O)N1[C@H](C)CN(c2c(F)cc3c(=O)c(C(=O)NCc4ccc(Cl)cc4Cl)cn(C4CC4)c3c2OC)C[C@@H]1C. The van der Waals surface area contributed by atoms with Gasteiger partial charge in [-0.2, -0.15) is 0 Å². The van der Waals surface area contributed by atoms with E-state index in [4.69, 9.17) is 27.9 Å². The van der Waals surface area contributed by atoms with Crippen LogP contribution >= 0.6 is 23.2 Å². The zero-order valence-corrected chi connectivity index (χ0v) is 25.5. The molecule has 224 valence electrons. The summed E-state index contributed by atoms with van der Waals surface area (Å²) >= 11 is 12.2. The zero-order valence-electron chi connectivity index (χ0n) is 24.0. The summed E-state index contributed by atoms with van der Waals surface area (Å²) in [5.41, 5.74) is 0.651. The molecule has 2 aromatic carbocycles. The fraction of sp³-hybridized carbons (Fsp3) is 0.433. The highest BCUT2D eigenvalue weighted by molar-refractivity contribution is 6.35. The van der Waals surface area contributed by atoms with Gasteiger partial charge in [0.2, 0.25) is 5.43 Å². The Labute approximate surface area is 253 Å². The number of nitrogens with zero attached hydrogens (tertiary/aromatic N) is 3. The molecule has 2 aliphatic rings. The van der Waals surface area contributed by atoms with Crippen LogP contribution < -0.4 is 25.7 Å². The van der Waals surface area contributed by atoms with Crippen LogP contribution in [0.1, 0.15) is 55.6 Å². The third-order valence-corrected chi connectivity index (χ3v) is 8.43. The molecule has 2 N–H and O–H groups in total. The van der Waals surface area contributed by atoms with E-state index in [0.29, 0.717) is 40.8 Å². The number of halogens is 3. The van der Waals surface area contributed by atoms with Crippen molar-refractivity contribution in [2.24, 2.45) is 0 Å². The van der Waals surface area contributed by atoms with Crippen molar-refractivity contribution in [1.29, 1.82) is 0 Å². The number of hydrogen-bond donors (Lipinski definition) is 2. The Kier molecular flexibility index (Phi) is 8.57. The molecule has 1 saturated heterocycles. The van der Waals surface area contributed by atoms with E-state index in [2.05, 4.69) is 10.6 Å². The summed E-state index contributed by atoms with van der Waals surface area (Å²) in [6.45, 7) is 7.06. The molecule has 2 atom stereocenters. The van der Waals surface area contributed by atoms with Crippen LogP contribution in [0.15, 0.2) is 35.3 Å². The van der Waals surface area contributed by atoms with Gasteiger partial charge in [0.05, 0.1) is 18.0 Å². The van der Waals surface area contributed by atoms with Gasteiger partial charge in [-0.25, -0.2) is 9.18 Å². The number of nitrogens with one attached hydrogen (secondary N) is 2. The molecule has 2 heterocycles. The summed E-state index contributed by atoms with van der Waals surface area (Å²) in [5, 5.41) is 6.54. The number of methoxy groups -OCH3 is 1. The van der Waals surface area contributed by atoms with Crippen molar-refractivity contribution < 1.29 is 18.7 Å². The van der Waals surface area contributed by atoms with Gasteiger partial charge in [-0.05, 0) is 57.4 Å². The van der Waals surface area contributed by atoms with Crippen molar-refractivity contribution in [3.8, 4) is 5.75 Å². The quantitative estimate of drug-likeness (QED) is 0.373. The van der Waals surface area contributed by atoms with E-state index in [1.807, 2.05) is 30.2 Å². The van der Waals surface area contributed by atoms with Gasteiger partial charge in [-0.15, -0.1) is 0 Å². The van der Waals surface area contributed by atoms with Crippen molar-refractivity contribution in [2.75, 3.05) is 31.6 Å². The minimum absolute atomic E-state index is 0.0463. The Morgan fingerprint density at radius 1 is 1.10 bits per heavy atom. The van der Waals surface area contributed by atoms with Crippen molar-refractivity contribution >= 4 is 51.7 Å². The third-order valence-electron chi connectivity index (χ3n) is 7.84. The fourth-order valence-corrected chi connectivity index (χ4v) is 6.29. The summed E-state index contributed by atoms with van der Waals surface area (Å²) in [4.78, 5) is 43.2. The van der Waals surface area contributed by atoms with E-state index in [9.17, 15) is 14.4 Å². The van der Waals surface area contributed by atoms with Crippen molar-refractivity contribution in [2.45, 2.75) is 58.3 Å². The average Bonchev–Trinajstić information content (AvgIpc) is 3.77. The summed E-state index contributed by atoms with van der Waals surface area (Å²) in [5.74, 6) is -0.982. The van der Waals surface area contributed by atoms with Crippen LogP contribution in [0, 0.1) is 5.82 Å². The van der Waals surface area contributed by atoms with Gasteiger partial charge in [-0.1, -0.05) is 29.3 Å². The first kappa shape index (κ1) is 30.0. The molecule has 5 rings (SSSR count). The molecule has 0 unspecified atom stereocenters. The van der Waals surface area contributed by atoms with Crippen molar-refractivity contribution in [3.05, 3.63) is 67.7 Å². The Hall–Kier alpha value is -3.50. The van der Waals surface area contributed by atoms with Crippen LogP contribution in [-0.2, 0) is 6.54 Å². The summed E-state index contributed by atoms with van der Waals surface area (Å²) in [6, 6.07) is 5.63. The Morgan fingerprint density at radius 2 is 1.79 bits per heavy atom. The van der Waals surface area contributed by atoms with Crippen molar-refractivity contribution in [3.63, 3.8) is 0 Å². The fourth-order valence-electron chi connectivity index (χ4n) is 5.82. The number of amides is 3. The summed E-state index contributed by atoms with van der Waals surface area (Å²) in [7, 11) is 1.45. The molecule has 2 fully saturated rings. The number of aromatic nitrogens is 1. The second kappa shape index (κ2) is 12.0. The number of carbonyl (C=O) groups excluding carboxylic acids is 2. The van der Waals surface area contributed by atoms with Gasteiger partial charge in [0.1, 0.15) is 11.3 Å². The zero-order chi connectivity index (χ0) is 30.3. The molecule has 1 saturated carbocycles. The van der Waals surface area contributed by atoms with Gasteiger partial charge < -0.3 is 29.7 Å². The lowest BCUT2D eigenvalue weighted by atomic mass is 10.0. The third kappa shape index (κ3) is 5.62. The number of ether oxygens (including phenoxy) is 1. The number of carbonyl (C=O) groups is 2. The molecule has 9 nitrogen and oxygen atoms in total. The summed E-state index contributed by atoms with van der Waals surface area (Å²) in [6.07, 6.45) is 3.26. The van der Waals surface area contributed by atoms with Crippen LogP contribution in [-0.4, -0.2) is 60.2 Å². The smallest absolute Gasteiger partial charge is 0.317 e. The van der Waals surface area contributed by atoms with Crippen LogP contribution in [0.3, 0.4) is 0 Å². The highest BCUT2D eigenvalue weighted by Gasteiger charge is 2.37.